The molecule has 1 N–H and O–H groups in total. The van der Waals surface area contributed by atoms with Gasteiger partial charge in [-0.05, 0) is 6.92 Å². The number of nitrogens with zero attached hydrogens (tertiary/aromatic N) is 1. The summed E-state index contributed by atoms with van der Waals surface area (Å²) in [4.78, 5) is 11.2. The maximum atomic E-state index is 12.4. The number of hydrogen-bond donors (Lipinski definition) is 1. The summed E-state index contributed by atoms with van der Waals surface area (Å²) < 4.78 is 78.6. The van der Waals surface area contributed by atoms with Crippen molar-refractivity contribution in [3.63, 3.8) is 0 Å². The Morgan fingerprint density at radius 1 is 1.22 bits per heavy atom. The van der Waals surface area contributed by atoms with Crippen LogP contribution in [0.25, 0.3) is 0 Å². The van der Waals surface area contributed by atoms with E-state index in [4.69, 9.17) is 0 Å². The average Bonchev–Trinajstić information content (AvgIpc) is 2.60. The highest BCUT2D eigenvalue weighted by molar-refractivity contribution is 5.92. The van der Waals surface area contributed by atoms with Crippen LogP contribution in [0.1, 0.15) is 28.7 Å². The third-order valence-electron chi connectivity index (χ3n) is 1.80. The predicted octanol–water partition coefficient (Wildman–Crippen LogP) is 2.62. The van der Waals surface area contributed by atoms with E-state index in [0.29, 0.717) is 0 Å². The van der Waals surface area contributed by atoms with Crippen molar-refractivity contribution in [3.8, 4) is 0 Å². The molecule has 0 spiro atoms. The van der Waals surface area contributed by atoms with E-state index in [1.165, 1.54) is 6.92 Å². The van der Waals surface area contributed by atoms with Crippen LogP contribution in [0.5, 0.6) is 0 Å². The van der Waals surface area contributed by atoms with Crippen LogP contribution in [0.4, 0.5) is 26.3 Å². The lowest BCUT2D eigenvalue weighted by Gasteiger charge is -2.09. The molecule has 0 saturated heterocycles. The lowest BCUT2D eigenvalue weighted by molar-refractivity contribution is -0.144. The van der Waals surface area contributed by atoms with Crippen molar-refractivity contribution in [3.05, 3.63) is 17.0 Å². The summed E-state index contributed by atoms with van der Waals surface area (Å²) in [7, 11) is 0. The first-order valence-corrected chi connectivity index (χ1v) is 4.49. The lowest BCUT2D eigenvalue weighted by Crippen LogP contribution is -2.18. The van der Waals surface area contributed by atoms with Gasteiger partial charge in [0.1, 0.15) is 5.56 Å². The third-order valence-corrected chi connectivity index (χ3v) is 1.80. The van der Waals surface area contributed by atoms with Gasteiger partial charge < -0.3 is 4.74 Å². The number of esters is 1. The molecule has 0 atom stereocenters. The molecule has 0 bridgehead atoms. The van der Waals surface area contributed by atoms with E-state index in [9.17, 15) is 31.1 Å². The fraction of sp³-hybridized carbons (Fsp3) is 0.500. The average molecular weight is 276 g/mol. The number of H-pyrrole nitrogens is 1. The first-order chi connectivity index (χ1) is 8.09. The molecule has 1 heterocycles. The first-order valence-electron chi connectivity index (χ1n) is 4.49. The van der Waals surface area contributed by atoms with Crippen molar-refractivity contribution in [1.29, 1.82) is 0 Å². The molecule has 0 amide bonds. The molecule has 18 heavy (non-hydrogen) atoms. The Hall–Kier alpha value is -1.74. The molecule has 102 valence electrons. The molecule has 4 nitrogen and oxygen atoms in total. The molecule has 1 aromatic rings. The molecule has 0 aliphatic rings. The van der Waals surface area contributed by atoms with Gasteiger partial charge in [0.05, 0.1) is 6.61 Å². The van der Waals surface area contributed by atoms with Gasteiger partial charge in [0.2, 0.25) is 0 Å². The van der Waals surface area contributed by atoms with E-state index in [1.807, 2.05) is 0 Å². The number of carbonyl (C=O) groups is 1. The molecule has 0 aliphatic carbocycles. The Kier molecular flexibility index (Phi) is 3.58. The second-order valence-electron chi connectivity index (χ2n) is 3.04. The van der Waals surface area contributed by atoms with Gasteiger partial charge in [0.15, 0.2) is 11.4 Å². The van der Waals surface area contributed by atoms with Crippen LogP contribution < -0.4 is 0 Å². The van der Waals surface area contributed by atoms with Gasteiger partial charge in [0.25, 0.3) is 0 Å². The number of rotatable bonds is 2. The Morgan fingerprint density at radius 2 is 1.78 bits per heavy atom. The molecule has 0 unspecified atom stereocenters. The maximum absolute atomic E-state index is 12.4. The zero-order valence-corrected chi connectivity index (χ0v) is 8.74. The molecule has 10 heteroatoms. The standard InChI is InChI=1S/C8H6F6N2O2/c1-2-18-6(17)3-4(7(9,10)11)15-16-5(3)8(12,13)14/h2H2,1H3,(H,15,16). The topological polar surface area (TPSA) is 55.0 Å². The van der Waals surface area contributed by atoms with Crippen LogP contribution >= 0.6 is 0 Å². The zero-order valence-electron chi connectivity index (χ0n) is 8.74. The monoisotopic (exact) mass is 276 g/mol. The summed E-state index contributed by atoms with van der Waals surface area (Å²) in [6.45, 7) is 0.886. The fourth-order valence-electron chi connectivity index (χ4n) is 1.15. The highest BCUT2D eigenvalue weighted by Crippen LogP contribution is 2.37. The van der Waals surface area contributed by atoms with Crippen LogP contribution in [0.2, 0.25) is 0 Å². The van der Waals surface area contributed by atoms with Crippen molar-refractivity contribution >= 4 is 5.97 Å². The largest absolute Gasteiger partial charge is 0.462 e. The Labute approximate surface area is 95.9 Å². The summed E-state index contributed by atoms with van der Waals surface area (Å²) in [5.74, 6) is -1.73. The minimum absolute atomic E-state index is 0.362. The Balaban J connectivity index is 3.40. The molecule has 1 aromatic heterocycles. The van der Waals surface area contributed by atoms with Crippen LogP contribution in [0.15, 0.2) is 0 Å². The summed E-state index contributed by atoms with van der Waals surface area (Å²) in [5, 5.41) is 3.65. The molecule has 0 saturated carbocycles. The summed E-state index contributed by atoms with van der Waals surface area (Å²) in [5.41, 5.74) is -5.49. The van der Waals surface area contributed by atoms with E-state index >= 15 is 0 Å². The second-order valence-corrected chi connectivity index (χ2v) is 3.04. The normalized spacial score (nSPS) is 12.6. The number of aromatic amines is 1. The third kappa shape index (κ3) is 2.74. The van der Waals surface area contributed by atoms with Gasteiger partial charge in [-0.15, -0.1) is 0 Å². The molecular weight excluding hydrogens is 270 g/mol. The van der Waals surface area contributed by atoms with E-state index < -0.39 is 35.3 Å². The van der Waals surface area contributed by atoms with Crippen molar-refractivity contribution in [2.24, 2.45) is 0 Å². The van der Waals surface area contributed by atoms with Gasteiger partial charge in [0, 0.05) is 0 Å². The molecule has 0 aliphatic heterocycles. The number of aromatic nitrogens is 2. The molecule has 0 aromatic carbocycles. The lowest BCUT2D eigenvalue weighted by atomic mass is 10.1. The van der Waals surface area contributed by atoms with Crippen molar-refractivity contribution in [2.45, 2.75) is 19.3 Å². The van der Waals surface area contributed by atoms with Gasteiger partial charge in [-0.25, -0.2) is 4.79 Å². The smallest absolute Gasteiger partial charge is 0.436 e. The number of ether oxygens (including phenoxy) is 1. The summed E-state index contributed by atoms with van der Waals surface area (Å²) in [6.07, 6.45) is -10.4. The fourth-order valence-corrected chi connectivity index (χ4v) is 1.15. The van der Waals surface area contributed by atoms with Crippen LogP contribution in [-0.4, -0.2) is 22.8 Å². The van der Waals surface area contributed by atoms with Gasteiger partial charge in [-0.3, -0.25) is 5.10 Å². The van der Waals surface area contributed by atoms with Gasteiger partial charge in [-0.1, -0.05) is 0 Å². The molecule has 0 fully saturated rings. The highest BCUT2D eigenvalue weighted by Gasteiger charge is 2.47. The number of carbonyl (C=O) groups excluding carboxylic acids is 1. The molecule has 0 radical (unpaired) electrons. The Morgan fingerprint density at radius 3 is 2.17 bits per heavy atom. The van der Waals surface area contributed by atoms with E-state index in [0.717, 1.165) is 5.10 Å². The Bertz CT molecular complexity index is 416. The quantitative estimate of drug-likeness (QED) is 0.667. The van der Waals surface area contributed by atoms with Crippen LogP contribution in [0, 0.1) is 0 Å². The summed E-state index contributed by atoms with van der Waals surface area (Å²) >= 11 is 0. The summed E-state index contributed by atoms with van der Waals surface area (Å²) in [6, 6.07) is 0. The van der Waals surface area contributed by atoms with E-state index in [-0.39, 0.29) is 6.61 Å². The van der Waals surface area contributed by atoms with Crippen LogP contribution in [-0.2, 0) is 17.1 Å². The highest BCUT2D eigenvalue weighted by atomic mass is 19.4. The van der Waals surface area contributed by atoms with E-state index in [1.54, 1.807) is 0 Å². The molecule has 1 rings (SSSR count). The number of nitrogens with one attached hydrogen (secondary N) is 1. The number of halogens is 6. The maximum Gasteiger partial charge on any atom is 0.436 e. The second kappa shape index (κ2) is 4.50. The minimum atomic E-state index is -5.19. The minimum Gasteiger partial charge on any atom is -0.462 e. The van der Waals surface area contributed by atoms with E-state index in [2.05, 4.69) is 9.84 Å². The zero-order chi connectivity index (χ0) is 14.1. The SMILES string of the molecule is CCOC(=O)c1c(C(F)(F)F)n[nH]c1C(F)(F)F. The van der Waals surface area contributed by atoms with Crippen molar-refractivity contribution in [1.82, 2.24) is 10.2 Å². The van der Waals surface area contributed by atoms with Gasteiger partial charge in [-0.2, -0.15) is 31.4 Å². The number of alkyl halides is 6. The van der Waals surface area contributed by atoms with Crippen molar-refractivity contribution in [2.75, 3.05) is 6.61 Å². The predicted molar refractivity (Wildman–Crippen MR) is 44.5 cm³/mol. The van der Waals surface area contributed by atoms with Gasteiger partial charge >= 0.3 is 18.3 Å². The molecular formula is C8H6F6N2O2. The van der Waals surface area contributed by atoms with Crippen molar-refractivity contribution < 1.29 is 35.9 Å². The van der Waals surface area contributed by atoms with Crippen LogP contribution in [0.3, 0.4) is 0 Å². The number of hydrogen-bond acceptors (Lipinski definition) is 3. The first kappa shape index (κ1) is 14.3.